The van der Waals surface area contributed by atoms with E-state index in [1.54, 1.807) is 11.8 Å². The molecule has 1 aliphatic rings. The summed E-state index contributed by atoms with van der Waals surface area (Å²) in [4.78, 5) is 28.4. The Bertz CT molecular complexity index is 880. The molecule has 0 radical (unpaired) electrons. The highest BCUT2D eigenvalue weighted by molar-refractivity contribution is 7.98. The van der Waals surface area contributed by atoms with Crippen molar-refractivity contribution < 1.29 is 9.59 Å². The molecule has 2 aromatic carbocycles. The summed E-state index contributed by atoms with van der Waals surface area (Å²) in [7, 11) is 0. The van der Waals surface area contributed by atoms with Crippen LogP contribution in [0.2, 0.25) is 0 Å². The number of thioether (sulfide) groups is 1. The molecule has 0 bridgehead atoms. The minimum absolute atomic E-state index is 0.00217. The fraction of sp³-hybridized carbons (Fsp3) is 0.500. The zero-order valence-electron chi connectivity index (χ0n) is 20.1. The summed E-state index contributed by atoms with van der Waals surface area (Å²) in [5.41, 5.74) is 3.51. The summed E-state index contributed by atoms with van der Waals surface area (Å²) in [6, 6.07) is 18.4. The van der Waals surface area contributed by atoms with Crippen LogP contribution >= 0.6 is 11.8 Å². The van der Waals surface area contributed by atoms with Gasteiger partial charge in [-0.05, 0) is 37.3 Å². The van der Waals surface area contributed by atoms with E-state index in [1.807, 2.05) is 42.2 Å². The molecule has 5 heteroatoms. The van der Waals surface area contributed by atoms with E-state index < -0.39 is 6.04 Å². The van der Waals surface area contributed by atoms with Crippen LogP contribution in [0.4, 0.5) is 0 Å². The first-order chi connectivity index (χ1) is 16.1. The highest BCUT2D eigenvalue weighted by Gasteiger charge is 2.30. The Kier molecular flexibility index (Phi) is 10.3. The summed E-state index contributed by atoms with van der Waals surface area (Å²) in [5.74, 6) is 1.70. The van der Waals surface area contributed by atoms with E-state index in [4.69, 9.17) is 0 Å². The van der Waals surface area contributed by atoms with Gasteiger partial charge in [-0.15, -0.1) is 0 Å². The molecule has 3 rings (SSSR count). The van der Waals surface area contributed by atoms with Gasteiger partial charge in [0, 0.05) is 30.5 Å². The molecule has 2 aromatic rings. The molecule has 4 nitrogen and oxygen atoms in total. The molecule has 1 saturated carbocycles. The molecule has 1 atom stereocenters. The van der Waals surface area contributed by atoms with E-state index in [1.165, 1.54) is 24.8 Å². The van der Waals surface area contributed by atoms with Crippen molar-refractivity contribution in [3.63, 3.8) is 0 Å². The number of rotatable bonds is 11. The van der Waals surface area contributed by atoms with Gasteiger partial charge in [-0.1, -0.05) is 86.3 Å². The van der Waals surface area contributed by atoms with Crippen LogP contribution < -0.4 is 5.32 Å². The third kappa shape index (κ3) is 8.22. The minimum atomic E-state index is -0.431. The summed E-state index contributed by atoms with van der Waals surface area (Å²) in [6.45, 7) is 4.54. The smallest absolute Gasteiger partial charge is 0.243 e. The quantitative estimate of drug-likeness (QED) is 0.421. The molecule has 0 unspecified atom stereocenters. The van der Waals surface area contributed by atoms with Crippen molar-refractivity contribution in [2.45, 2.75) is 83.2 Å². The Balaban J connectivity index is 1.65. The Hall–Kier alpha value is -2.27. The molecule has 0 aromatic heterocycles. The van der Waals surface area contributed by atoms with Gasteiger partial charge >= 0.3 is 0 Å². The zero-order chi connectivity index (χ0) is 23.5. The molecule has 0 spiro atoms. The van der Waals surface area contributed by atoms with Crippen molar-refractivity contribution in [3.05, 3.63) is 71.3 Å². The van der Waals surface area contributed by atoms with E-state index in [-0.39, 0.29) is 17.9 Å². The van der Waals surface area contributed by atoms with E-state index in [9.17, 15) is 9.59 Å². The van der Waals surface area contributed by atoms with Gasteiger partial charge in [-0.3, -0.25) is 9.59 Å². The van der Waals surface area contributed by atoms with Gasteiger partial charge in [0.2, 0.25) is 11.8 Å². The van der Waals surface area contributed by atoms with Crippen molar-refractivity contribution >= 4 is 23.6 Å². The Morgan fingerprint density at radius 3 is 2.45 bits per heavy atom. The van der Waals surface area contributed by atoms with Gasteiger partial charge in [0.05, 0.1) is 0 Å². The van der Waals surface area contributed by atoms with Crippen LogP contribution in [-0.4, -0.2) is 34.6 Å². The average molecular weight is 467 g/mol. The SMILES string of the molecule is CC[C@@H](C(=O)NC1CCCCC1)N(Cc1cccc(C)c1)C(=O)CCSCc1ccccc1. The van der Waals surface area contributed by atoms with E-state index in [0.717, 1.165) is 35.5 Å². The molecule has 0 saturated heterocycles. The summed E-state index contributed by atoms with van der Waals surface area (Å²) < 4.78 is 0. The predicted molar refractivity (Wildman–Crippen MR) is 138 cm³/mol. The standard InChI is InChI=1S/C28H38N2O2S/c1-3-26(28(32)29-25-15-8-5-9-16-25)30(20-24-14-10-11-22(2)19-24)27(31)17-18-33-21-23-12-6-4-7-13-23/h4,6-7,10-14,19,25-26H,3,5,8-9,15-18,20-21H2,1-2H3,(H,29,32)/t26-/m0/s1. The molecular weight excluding hydrogens is 428 g/mol. The second-order valence-corrected chi connectivity index (χ2v) is 10.2. The number of benzene rings is 2. The van der Waals surface area contributed by atoms with Crippen molar-refractivity contribution in [2.75, 3.05) is 5.75 Å². The molecule has 0 aliphatic heterocycles. The maximum atomic E-state index is 13.4. The molecule has 1 fully saturated rings. The lowest BCUT2D eigenvalue weighted by molar-refractivity contribution is -0.141. The third-order valence-corrected chi connectivity index (χ3v) is 7.37. The Morgan fingerprint density at radius 2 is 1.76 bits per heavy atom. The second kappa shape index (κ2) is 13.4. The predicted octanol–water partition coefficient (Wildman–Crippen LogP) is 5.87. The van der Waals surface area contributed by atoms with E-state index in [2.05, 4.69) is 36.5 Å². The van der Waals surface area contributed by atoms with Crippen LogP contribution in [-0.2, 0) is 21.9 Å². The number of carbonyl (C=O) groups is 2. The van der Waals surface area contributed by atoms with Crippen LogP contribution in [0.3, 0.4) is 0 Å². The van der Waals surface area contributed by atoms with E-state index in [0.29, 0.717) is 19.4 Å². The monoisotopic (exact) mass is 466 g/mol. The van der Waals surface area contributed by atoms with Crippen LogP contribution in [0.15, 0.2) is 54.6 Å². The number of nitrogens with zero attached hydrogens (tertiary/aromatic N) is 1. The number of hydrogen-bond donors (Lipinski definition) is 1. The maximum Gasteiger partial charge on any atom is 0.243 e. The van der Waals surface area contributed by atoms with Crippen molar-refractivity contribution in [3.8, 4) is 0 Å². The summed E-state index contributed by atoms with van der Waals surface area (Å²) in [5, 5.41) is 3.25. The lowest BCUT2D eigenvalue weighted by atomic mass is 9.95. The number of carbonyl (C=O) groups excluding carboxylic acids is 2. The van der Waals surface area contributed by atoms with Crippen molar-refractivity contribution in [1.82, 2.24) is 10.2 Å². The molecule has 0 heterocycles. The summed E-state index contributed by atoms with van der Waals surface area (Å²) >= 11 is 1.77. The average Bonchev–Trinajstić information content (AvgIpc) is 2.83. The first-order valence-electron chi connectivity index (χ1n) is 12.3. The summed E-state index contributed by atoms with van der Waals surface area (Å²) in [6.07, 6.45) is 6.75. The van der Waals surface area contributed by atoms with E-state index >= 15 is 0 Å². The molecule has 178 valence electrons. The van der Waals surface area contributed by atoms with Crippen LogP contribution in [0, 0.1) is 6.92 Å². The highest BCUT2D eigenvalue weighted by Crippen LogP contribution is 2.20. The topological polar surface area (TPSA) is 49.4 Å². The fourth-order valence-corrected chi connectivity index (χ4v) is 5.43. The maximum absolute atomic E-state index is 13.4. The lowest BCUT2D eigenvalue weighted by Crippen LogP contribution is -2.51. The normalized spacial score (nSPS) is 15.1. The van der Waals surface area contributed by atoms with Crippen LogP contribution in [0.1, 0.15) is 68.6 Å². The molecule has 1 aliphatic carbocycles. The van der Waals surface area contributed by atoms with Gasteiger partial charge in [-0.2, -0.15) is 11.8 Å². The first-order valence-corrected chi connectivity index (χ1v) is 13.5. The molecule has 2 amide bonds. The Morgan fingerprint density at radius 1 is 1.03 bits per heavy atom. The van der Waals surface area contributed by atoms with Gasteiger partial charge in [0.15, 0.2) is 0 Å². The number of amides is 2. The Labute approximate surface area is 203 Å². The molecule has 1 N–H and O–H groups in total. The number of hydrogen-bond acceptors (Lipinski definition) is 3. The van der Waals surface area contributed by atoms with Gasteiger partial charge in [0.25, 0.3) is 0 Å². The first kappa shape index (κ1) is 25.4. The highest BCUT2D eigenvalue weighted by atomic mass is 32.2. The molecular formula is C28H38N2O2S. The van der Waals surface area contributed by atoms with Gasteiger partial charge in [0.1, 0.15) is 6.04 Å². The zero-order valence-corrected chi connectivity index (χ0v) is 20.9. The van der Waals surface area contributed by atoms with Gasteiger partial charge < -0.3 is 10.2 Å². The second-order valence-electron chi connectivity index (χ2n) is 9.07. The van der Waals surface area contributed by atoms with Gasteiger partial charge in [-0.25, -0.2) is 0 Å². The van der Waals surface area contributed by atoms with Crippen molar-refractivity contribution in [1.29, 1.82) is 0 Å². The molecule has 33 heavy (non-hydrogen) atoms. The number of aryl methyl sites for hydroxylation is 1. The van der Waals surface area contributed by atoms with Crippen molar-refractivity contribution in [2.24, 2.45) is 0 Å². The largest absolute Gasteiger partial charge is 0.352 e. The van der Waals surface area contributed by atoms with Crippen LogP contribution in [0.5, 0.6) is 0 Å². The minimum Gasteiger partial charge on any atom is -0.352 e. The van der Waals surface area contributed by atoms with Crippen LogP contribution in [0.25, 0.3) is 0 Å². The fourth-order valence-electron chi connectivity index (χ4n) is 4.54. The number of nitrogens with one attached hydrogen (secondary N) is 1. The third-order valence-electron chi connectivity index (χ3n) is 6.34. The lowest BCUT2D eigenvalue weighted by Gasteiger charge is -2.33.